The van der Waals surface area contributed by atoms with Gasteiger partial charge in [-0.15, -0.1) is 11.3 Å². The molecular formula is C17H20N2O3S. The normalized spacial score (nSPS) is 10.5. The lowest BCUT2D eigenvalue weighted by atomic mass is 10.1. The number of aromatic nitrogens is 1. The molecule has 1 amide bonds. The molecule has 0 aliphatic carbocycles. The van der Waals surface area contributed by atoms with Crippen LogP contribution in [0.25, 0.3) is 0 Å². The molecule has 0 saturated carbocycles. The molecule has 1 aromatic carbocycles. The summed E-state index contributed by atoms with van der Waals surface area (Å²) in [5.41, 5.74) is 2.10. The zero-order valence-electron chi connectivity index (χ0n) is 13.0. The summed E-state index contributed by atoms with van der Waals surface area (Å²) in [6.45, 7) is 2.64. The molecule has 0 fully saturated rings. The van der Waals surface area contributed by atoms with Gasteiger partial charge in [-0.25, -0.2) is 9.78 Å². The van der Waals surface area contributed by atoms with Crippen molar-refractivity contribution in [1.29, 1.82) is 0 Å². The van der Waals surface area contributed by atoms with Crippen LogP contribution in [0.2, 0.25) is 0 Å². The van der Waals surface area contributed by atoms with Gasteiger partial charge < -0.3 is 10.4 Å². The summed E-state index contributed by atoms with van der Waals surface area (Å²) in [6.07, 6.45) is 3.14. The largest absolute Gasteiger partial charge is 0.478 e. The zero-order valence-corrected chi connectivity index (χ0v) is 13.9. The van der Waals surface area contributed by atoms with E-state index in [2.05, 4.69) is 10.3 Å². The second-order valence-corrected chi connectivity index (χ2v) is 6.31. The van der Waals surface area contributed by atoms with Gasteiger partial charge in [-0.1, -0.05) is 12.1 Å². The van der Waals surface area contributed by atoms with Crippen molar-refractivity contribution in [2.24, 2.45) is 0 Å². The van der Waals surface area contributed by atoms with E-state index in [0.29, 0.717) is 6.54 Å². The van der Waals surface area contributed by atoms with E-state index in [1.54, 1.807) is 23.5 Å². The van der Waals surface area contributed by atoms with E-state index in [-0.39, 0.29) is 17.9 Å². The monoisotopic (exact) mass is 332 g/mol. The summed E-state index contributed by atoms with van der Waals surface area (Å²) in [6, 6.07) is 6.38. The number of unbranched alkanes of at least 4 members (excludes halogenated alkanes) is 1. The van der Waals surface area contributed by atoms with Gasteiger partial charge in [0.15, 0.2) is 0 Å². The number of carboxylic acid groups (broad SMARTS) is 1. The van der Waals surface area contributed by atoms with E-state index in [0.717, 1.165) is 35.5 Å². The molecule has 0 atom stereocenters. The van der Waals surface area contributed by atoms with Crippen molar-refractivity contribution < 1.29 is 14.7 Å². The van der Waals surface area contributed by atoms with E-state index < -0.39 is 5.97 Å². The number of nitrogens with zero attached hydrogens (tertiary/aromatic N) is 1. The molecule has 1 aromatic heterocycles. The number of nitrogens with one attached hydrogen (secondary N) is 1. The molecule has 2 N–H and O–H groups in total. The number of amides is 1. The molecule has 0 unspecified atom stereocenters. The minimum atomic E-state index is -0.962. The van der Waals surface area contributed by atoms with Crippen molar-refractivity contribution in [3.63, 3.8) is 0 Å². The first-order valence-corrected chi connectivity index (χ1v) is 8.42. The summed E-state index contributed by atoms with van der Waals surface area (Å²) in [4.78, 5) is 27.0. The Morgan fingerprint density at radius 2 is 1.96 bits per heavy atom. The van der Waals surface area contributed by atoms with Gasteiger partial charge in [-0.05, 0) is 43.9 Å². The number of hydrogen-bond acceptors (Lipinski definition) is 4. The van der Waals surface area contributed by atoms with Gasteiger partial charge in [-0.2, -0.15) is 0 Å². The first kappa shape index (κ1) is 17.1. The molecule has 0 aliphatic heterocycles. The molecule has 23 heavy (non-hydrogen) atoms. The molecular weight excluding hydrogens is 312 g/mol. The third-order valence-corrected chi connectivity index (χ3v) is 4.40. The van der Waals surface area contributed by atoms with Crippen molar-refractivity contribution in [1.82, 2.24) is 10.3 Å². The van der Waals surface area contributed by atoms with Crippen LogP contribution in [0.5, 0.6) is 0 Å². The van der Waals surface area contributed by atoms with Crippen molar-refractivity contribution in [3.8, 4) is 0 Å². The highest BCUT2D eigenvalue weighted by Gasteiger charge is 2.06. The SMILES string of the molecule is Cc1csc(CCCCNC(=O)Cc2ccc(C(=O)O)cc2)n1. The molecule has 2 rings (SSSR count). The van der Waals surface area contributed by atoms with Gasteiger partial charge in [0.05, 0.1) is 17.0 Å². The van der Waals surface area contributed by atoms with Crippen LogP contribution in [0.1, 0.15) is 39.5 Å². The molecule has 122 valence electrons. The highest BCUT2D eigenvalue weighted by atomic mass is 32.1. The van der Waals surface area contributed by atoms with Crippen molar-refractivity contribution in [2.75, 3.05) is 6.54 Å². The fourth-order valence-electron chi connectivity index (χ4n) is 2.16. The maximum atomic E-state index is 11.8. The van der Waals surface area contributed by atoms with Gasteiger partial charge in [0.1, 0.15) is 0 Å². The topological polar surface area (TPSA) is 79.3 Å². The summed E-state index contributed by atoms with van der Waals surface area (Å²) in [5.74, 6) is -1.01. The lowest BCUT2D eigenvalue weighted by Crippen LogP contribution is -2.26. The molecule has 0 spiro atoms. The highest BCUT2D eigenvalue weighted by molar-refractivity contribution is 7.09. The summed E-state index contributed by atoms with van der Waals surface area (Å²) < 4.78 is 0. The zero-order chi connectivity index (χ0) is 16.7. The molecule has 1 heterocycles. The number of carboxylic acids is 1. The van der Waals surface area contributed by atoms with E-state index in [1.807, 2.05) is 12.3 Å². The Kier molecular flexibility index (Phi) is 6.29. The predicted molar refractivity (Wildman–Crippen MR) is 89.9 cm³/mol. The quantitative estimate of drug-likeness (QED) is 0.729. The first-order chi connectivity index (χ1) is 11.0. The molecule has 5 nitrogen and oxygen atoms in total. The third-order valence-electron chi connectivity index (χ3n) is 3.37. The second-order valence-electron chi connectivity index (χ2n) is 5.37. The number of carbonyl (C=O) groups is 2. The number of aromatic carboxylic acids is 1. The molecule has 0 bridgehead atoms. The van der Waals surface area contributed by atoms with Crippen LogP contribution in [-0.4, -0.2) is 28.5 Å². The Labute approximate surface area is 139 Å². The number of hydrogen-bond donors (Lipinski definition) is 2. The Morgan fingerprint density at radius 3 is 2.57 bits per heavy atom. The number of carbonyl (C=O) groups excluding carboxylic acids is 1. The molecule has 6 heteroatoms. The lowest BCUT2D eigenvalue weighted by Gasteiger charge is -2.05. The number of benzene rings is 1. The van der Waals surface area contributed by atoms with Crippen molar-refractivity contribution in [2.45, 2.75) is 32.6 Å². The lowest BCUT2D eigenvalue weighted by molar-refractivity contribution is -0.120. The van der Waals surface area contributed by atoms with Crippen LogP contribution < -0.4 is 5.32 Å². The van der Waals surface area contributed by atoms with Gasteiger partial charge in [0, 0.05) is 17.6 Å². The summed E-state index contributed by atoms with van der Waals surface area (Å²) >= 11 is 1.68. The van der Waals surface area contributed by atoms with Crippen molar-refractivity contribution in [3.05, 3.63) is 51.5 Å². The third kappa shape index (κ3) is 5.83. The fraction of sp³-hybridized carbons (Fsp3) is 0.353. The van der Waals surface area contributed by atoms with E-state index >= 15 is 0 Å². The fourth-order valence-corrected chi connectivity index (χ4v) is 2.98. The summed E-state index contributed by atoms with van der Waals surface area (Å²) in [7, 11) is 0. The molecule has 0 radical (unpaired) electrons. The van der Waals surface area contributed by atoms with E-state index in [1.165, 1.54) is 12.1 Å². The van der Waals surface area contributed by atoms with Crippen molar-refractivity contribution >= 4 is 23.2 Å². The smallest absolute Gasteiger partial charge is 0.335 e. The van der Waals surface area contributed by atoms with Gasteiger partial charge in [0.25, 0.3) is 0 Å². The number of thiazole rings is 1. The Morgan fingerprint density at radius 1 is 1.22 bits per heavy atom. The molecule has 2 aromatic rings. The molecule has 0 saturated heterocycles. The van der Waals surface area contributed by atoms with Gasteiger partial charge >= 0.3 is 5.97 Å². The summed E-state index contributed by atoms with van der Waals surface area (Å²) in [5, 5.41) is 14.9. The minimum Gasteiger partial charge on any atom is -0.478 e. The van der Waals surface area contributed by atoms with Crippen LogP contribution in [0, 0.1) is 6.92 Å². The van der Waals surface area contributed by atoms with Crippen LogP contribution >= 0.6 is 11.3 Å². The predicted octanol–water partition coefficient (Wildman–Crippen LogP) is 2.83. The van der Waals surface area contributed by atoms with Crippen LogP contribution in [-0.2, 0) is 17.6 Å². The van der Waals surface area contributed by atoms with E-state index in [4.69, 9.17) is 5.11 Å². The minimum absolute atomic E-state index is 0.0434. The Balaban J connectivity index is 1.64. The second kappa shape index (κ2) is 8.43. The maximum absolute atomic E-state index is 11.8. The maximum Gasteiger partial charge on any atom is 0.335 e. The average Bonchev–Trinajstić information content (AvgIpc) is 2.93. The molecule has 0 aliphatic rings. The van der Waals surface area contributed by atoms with Gasteiger partial charge in [-0.3, -0.25) is 4.79 Å². The standard InChI is InChI=1S/C17H20N2O3S/c1-12-11-23-16(19-12)4-2-3-9-18-15(20)10-13-5-7-14(8-6-13)17(21)22/h5-8,11H,2-4,9-10H2,1H3,(H,18,20)(H,21,22). The van der Waals surface area contributed by atoms with Crippen LogP contribution in [0.15, 0.2) is 29.6 Å². The Bertz CT molecular complexity index is 665. The first-order valence-electron chi connectivity index (χ1n) is 7.54. The number of aryl methyl sites for hydroxylation is 2. The highest BCUT2D eigenvalue weighted by Crippen LogP contribution is 2.11. The Hall–Kier alpha value is -2.21. The number of rotatable bonds is 8. The van der Waals surface area contributed by atoms with Crippen LogP contribution in [0.4, 0.5) is 0 Å². The van der Waals surface area contributed by atoms with Crippen LogP contribution in [0.3, 0.4) is 0 Å². The average molecular weight is 332 g/mol. The van der Waals surface area contributed by atoms with Gasteiger partial charge in [0.2, 0.25) is 5.91 Å². The van der Waals surface area contributed by atoms with E-state index in [9.17, 15) is 9.59 Å².